The molecule has 4 aromatic heterocycles. The van der Waals surface area contributed by atoms with Gasteiger partial charge in [0.25, 0.3) is 11.8 Å². The molecule has 0 aliphatic carbocycles. The average Bonchev–Trinajstić information content (AvgIpc) is 3.23. The SMILES string of the molecule is CC1(C)Oc2ccc(Nc3nc(Cl)ncc3F)nc2NC1=O.Cc1ccc(N)cc1S(N)(=O)=O.Cc1ccc(Nc2ncc(F)c(Nc3ccc4c(n3)NC(=O)C(C)(C)O4)n2)cc1S(N)(=O)=O. The second kappa shape index (κ2) is 18.8. The number of anilines is 9. The molecule has 0 unspecified atom stereocenters. The minimum Gasteiger partial charge on any atom is -0.474 e. The van der Waals surface area contributed by atoms with E-state index in [1.165, 1.54) is 12.1 Å². The predicted octanol–water partition coefficient (Wildman–Crippen LogP) is 5.31. The van der Waals surface area contributed by atoms with E-state index >= 15 is 0 Å². The number of fused-ring (bicyclic) bond motifs is 2. The zero-order valence-electron chi connectivity index (χ0n) is 36.1. The number of nitrogens with zero attached hydrogens (tertiary/aromatic N) is 6. The Labute approximate surface area is 386 Å². The molecular weight excluding hydrogens is 942 g/mol. The first-order chi connectivity index (χ1) is 31.2. The summed E-state index contributed by atoms with van der Waals surface area (Å²) in [6, 6.07) is 15.4. The van der Waals surface area contributed by atoms with Crippen LogP contribution in [0.15, 0.2) is 82.8 Å². The number of aryl methyl sites for hydroxylation is 2. The second-order valence-electron chi connectivity index (χ2n) is 15.4. The predicted molar refractivity (Wildman–Crippen MR) is 244 cm³/mol. The number of sulfonamides is 2. The van der Waals surface area contributed by atoms with Crippen molar-refractivity contribution < 1.29 is 44.7 Å². The number of hydrogen-bond acceptors (Lipinski definition) is 18. The number of amides is 2. The van der Waals surface area contributed by atoms with Crippen LogP contribution in [0.1, 0.15) is 38.8 Å². The minimum absolute atomic E-state index is 0.000492. The highest BCUT2D eigenvalue weighted by atomic mass is 35.5. The first kappa shape index (κ1) is 49.1. The van der Waals surface area contributed by atoms with Crippen LogP contribution in [0.2, 0.25) is 5.28 Å². The van der Waals surface area contributed by atoms with Crippen molar-refractivity contribution in [3.63, 3.8) is 0 Å². The maximum atomic E-state index is 14.3. The Morgan fingerprint density at radius 3 is 1.60 bits per heavy atom. The van der Waals surface area contributed by atoms with Crippen molar-refractivity contribution in [1.29, 1.82) is 0 Å². The lowest BCUT2D eigenvalue weighted by atomic mass is 10.1. The molecule has 22 nitrogen and oxygen atoms in total. The molecule has 0 saturated heterocycles. The van der Waals surface area contributed by atoms with Gasteiger partial charge in [-0.05, 0) is 113 Å². The summed E-state index contributed by atoms with van der Waals surface area (Å²) in [7, 11) is -7.56. The molecule has 67 heavy (non-hydrogen) atoms. The Bertz CT molecular complexity index is 3170. The summed E-state index contributed by atoms with van der Waals surface area (Å²) >= 11 is 5.62. The van der Waals surface area contributed by atoms with Gasteiger partial charge < -0.3 is 41.8 Å². The fourth-order valence-electron chi connectivity index (χ4n) is 5.76. The molecule has 0 fully saturated rings. The quantitative estimate of drug-likeness (QED) is 0.0708. The van der Waals surface area contributed by atoms with E-state index in [0.717, 1.165) is 12.4 Å². The number of aromatic nitrogens is 6. The highest BCUT2D eigenvalue weighted by Gasteiger charge is 2.37. The van der Waals surface area contributed by atoms with E-state index in [2.05, 4.69) is 56.5 Å². The molecule has 0 bridgehead atoms. The van der Waals surface area contributed by atoms with Crippen molar-refractivity contribution >= 4 is 95.7 Å². The van der Waals surface area contributed by atoms with Crippen molar-refractivity contribution in [1.82, 2.24) is 29.9 Å². The van der Waals surface area contributed by atoms with Crippen LogP contribution in [0.5, 0.6) is 11.5 Å². The molecule has 2 aromatic carbocycles. The number of ether oxygens (including phenoxy) is 2. The maximum absolute atomic E-state index is 14.3. The van der Waals surface area contributed by atoms with Crippen LogP contribution in [0.3, 0.4) is 0 Å². The third-order valence-electron chi connectivity index (χ3n) is 9.23. The van der Waals surface area contributed by atoms with E-state index in [1.807, 2.05) is 0 Å². The van der Waals surface area contributed by atoms with E-state index < -0.39 is 42.9 Å². The number of halogens is 3. The number of nitrogen functional groups attached to an aromatic ring is 1. The van der Waals surface area contributed by atoms with Gasteiger partial charge in [0.2, 0.25) is 31.3 Å². The Morgan fingerprint density at radius 2 is 1.10 bits per heavy atom. The highest BCUT2D eigenvalue weighted by Crippen LogP contribution is 2.35. The topological polar surface area (TPSA) is 336 Å². The van der Waals surface area contributed by atoms with Crippen LogP contribution in [-0.2, 0) is 29.6 Å². The summed E-state index contributed by atoms with van der Waals surface area (Å²) < 4.78 is 84.4. The van der Waals surface area contributed by atoms with Crippen molar-refractivity contribution in [3.05, 3.63) is 101 Å². The standard InChI is InChI=1S/C20H20FN7O4S.C13H11ClFN5O2.C7H10N2O2S/c1-10-4-5-11(8-14(10)33(22,30)31)24-19-23-9-12(21)16(28-19)25-15-7-6-13-17(26-15)27-18(29)20(2,3)32-13;1-13(2)11(21)19-10-7(22-13)3-4-8(18-10)17-9-6(15)5-16-12(14)20-9;1-5-2-3-6(8)4-7(5)12(9,10)11/h4-9H,1-3H3,(H2,22,30,31)(H3,23,24,25,26,27,28,29);3-5H,1-2H3,(H2,16,17,18,19,20,21);2-4H,8H2,1H3,(H2,9,10,11). The molecule has 2 aliphatic rings. The smallest absolute Gasteiger partial charge is 0.269 e. The zero-order valence-corrected chi connectivity index (χ0v) is 38.4. The Hall–Kier alpha value is -7.39. The summed E-state index contributed by atoms with van der Waals surface area (Å²) in [5.74, 6) is -0.710. The Morgan fingerprint density at radius 1 is 0.642 bits per heavy atom. The molecule has 6 heterocycles. The molecular formula is C40H41ClF2N14O8S2. The van der Waals surface area contributed by atoms with E-state index in [1.54, 1.807) is 90.1 Å². The fourth-order valence-corrected chi connectivity index (χ4v) is 7.52. The van der Waals surface area contributed by atoms with Crippen molar-refractivity contribution in [2.45, 2.75) is 62.5 Å². The molecule has 0 spiro atoms. The highest BCUT2D eigenvalue weighted by molar-refractivity contribution is 7.89. The van der Waals surface area contributed by atoms with Gasteiger partial charge in [0.1, 0.15) is 11.6 Å². The lowest BCUT2D eigenvalue weighted by molar-refractivity contribution is -0.130. The Balaban J connectivity index is 0.000000186. The molecule has 11 N–H and O–H groups in total. The third kappa shape index (κ3) is 12.1. The third-order valence-corrected chi connectivity index (χ3v) is 11.5. The number of nitrogens with two attached hydrogens (primary N) is 3. The van der Waals surface area contributed by atoms with Crippen LogP contribution in [0, 0.1) is 25.5 Å². The van der Waals surface area contributed by atoms with Gasteiger partial charge in [0.05, 0.1) is 22.2 Å². The number of pyridine rings is 2. The van der Waals surface area contributed by atoms with Gasteiger partial charge in [-0.1, -0.05) is 12.1 Å². The van der Waals surface area contributed by atoms with Crippen molar-refractivity contribution in [3.8, 4) is 11.5 Å². The van der Waals surface area contributed by atoms with Crippen molar-refractivity contribution in [2.24, 2.45) is 10.3 Å². The molecule has 6 aromatic rings. The maximum Gasteiger partial charge on any atom is 0.269 e. The Kier molecular flexibility index (Phi) is 13.8. The summed E-state index contributed by atoms with van der Waals surface area (Å²) in [5, 5.41) is 23.6. The fraction of sp³-hybridized carbons (Fsp3) is 0.200. The number of carbonyl (C=O) groups is 2. The molecule has 352 valence electrons. The molecule has 0 saturated carbocycles. The van der Waals surface area contributed by atoms with Crippen LogP contribution in [-0.4, -0.2) is 69.8 Å². The molecule has 2 aliphatic heterocycles. The van der Waals surface area contributed by atoms with E-state index in [9.17, 15) is 35.2 Å². The summed E-state index contributed by atoms with van der Waals surface area (Å²) in [6.45, 7) is 9.83. The molecule has 27 heteroatoms. The van der Waals surface area contributed by atoms with Crippen LogP contribution in [0.4, 0.5) is 61.0 Å². The van der Waals surface area contributed by atoms with Gasteiger partial charge in [-0.3, -0.25) is 9.59 Å². The number of benzene rings is 2. The first-order valence-electron chi connectivity index (χ1n) is 19.3. The number of hydrogen-bond donors (Lipinski definition) is 8. The van der Waals surface area contributed by atoms with Crippen LogP contribution in [0.25, 0.3) is 0 Å². The monoisotopic (exact) mass is 982 g/mol. The van der Waals surface area contributed by atoms with Gasteiger partial charge in [0.15, 0.2) is 57.6 Å². The van der Waals surface area contributed by atoms with E-state index in [4.69, 9.17) is 37.1 Å². The zero-order chi connectivity index (χ0) is 49.2. The van der Waals surface area contributed by atoms with Gasteiger partial charge >= 0.3 is 0 Å². The van der Waals surface area contributed by atoms with Gasteiger partial charge in [-0.25, -0.2) is 55.8 Å². The number of primary sulfonamides is 2. The normalized spacial score (nSPS) is 14.4. The average molecular weight is 983 g/mol. The number of rotatable bonds is 8. The van der Waals surface area contributed by atoms with Crippen molar-refractivity contribution in [2.75, 3.05) is 32.3 Å². The molecule has 0 atom stereocenters. The lowest BCUT2D eigenvalue weighted by Crippen LogP contribution is -2.46. The molecule has 0 radical (unpaired) electrons. The van der Waals surface area contributed by atoms with Gasteiger partial charge in [-0.2, -0.15) is 9.97 Å². The first-order valence-corrected chi connectivity index (χ1v) is 22.7. The summed E-state index contributed by atoms with van der Waals surface area (Å²) in [5.41, 5.74) is 5.20. The lowest BCUT2D eigenvalue weighted by Gasteiger charge is -2.30. The van der Waals surface area contributed by atoms with E-state index in [-0.39, 0.29) is 67.7 Å². The molecule has 8 rings (SSSR count). The van der Waals surface area contributed by atoms with Crippen LogP contribution < -0.4 is 52.1 Å². The summed E-state index contributed by atoms with van der Waals surface area (Å²) in [4.78, 5) is 47.6. The van der Waals surface area contributed by atoms with E-state index in [0.29, 0.717) is 34.0 Å². The number of carbonyl (C=O) groups excluding carboxylic acids is 2. The molecule has 2 amide bonds. The second-order valence-corrected chi connectivity index (χ2v) is 18.8. The minimum atomic E-state index is -3.92. The number of nitrogens with one attached hydrogen (secondary N) is 5. The van der Waals surface area contributed by atoms with Gasteiger partial charge in [0, 0.05) is 11.4 Å². The summed E-state index contributed by atoms with van der Waals surface area (Å²) in [6.07, 6.45) is 1.89. The van der Waals surface area contributed by atoms with Crippen LogP contribution >= 0.6 is 11.6 Å². The largest absolute Gasteiger partial charge is 0.474 e. The van der Waals surface area contributed by atoms with Gasteiger partial charge in [-0.15, -0.1) is 0 Å².